The van der Waals surface area contributed by atoms with Gasteiger partial charge in [0.15, 0.2) is 0 Å². The van der Waals surface area contributed by atoms with Gasteiger partial charge >= 0.3 is 0 Å². The van der Waals surface area contributed by atoms with Crippen LogP contribution in [0.3, 0.4) is 0 Å². The van der Waals surface area contributed by atoms with Gasteiger partial charge in [0.05, 0.1) is 18.7 Å². The minimum Gasteiger partial charge on any atom is -0.497 e. The van der Waals surface area contributed by atoms with Gasteiger partial charge in [-0.25, -0.2) is 0 Å². The van der Waals surface area contributed by atoms with Crippen LogP contribution in [0, 0.1) is 11.3 Å². The third kappa shape index (κ3) is 5.32. The Morgan fingerprint density at radius 2 is 1.81 bits per heavy atom. The fourth-order valence-corrected chi connectivity index (χ4v) is 3.35. The van der Waals surface area contributed by atoms with Crippen molar-refractivity contribution in [3.8, 4) is 11.8 Å². The first-order valence-electron chi connectivity index (χ1n) is 9.30. The van der Waals surface area contributed by atoms with Gasteiger partial charge in [-0.2, -0.15) is 5.26 Å². The van der Waals surface area contributed by atoms with E-state index in [1.54, 1.807) is 7.11 Å². The molecule has 1 aliphatic heterocycles. The van der Waals surface area contributed by atoms with Crippen molar-refractivity contribution < 1.29 is 9.53 Å². The molecule has 27 heavy (non-hydrogen) atoms. The molecule has 0 saturated carbocycles. The first-order chi connectivity index (χ1) is 13.2. The molecule has 0 aromatic heterocycles. The SMILES string of the molecule is COc1ccc(CCC(=O)N2CCN(Cc3cccc(C#N)c3)CC2)cc1. The number of hydrogen-bond donors (Lipinski definition) is 0. The second kappa shape index (κ2) is 9.20. The Morgan fingerprint density at radius 3 is 2.48 bits per heavy atom. The minimum absolute atomic E-state index is 0.219. The Morgan fingerprint density at radius 1 is 1.07 bits per heavy atom. The topological polar surface area (TPSA) is 56.6 Å². The van der Waals surface area contributed by atoms with Gasteiger partial charge < -0.3 is 9.64 Å². The number of amides is 1. The fraction of sp³-hybridized carbons (Fsp3) is 0.364. The van der Waals surface area contributed by atoms with E-state index >= 15 is 0 Å². The van der Waals surface area contributed by atoms with Crippen molar-refractivity contribution in [2.75, 3.05) is 33.3 Å². The van der Waals surface area contributed by atoms with Gasteiger partial charge in [0.2, 0.25) is 5.91 Å². The maximum absolute atomic E-state index is 12.5. The maximum Gasteiger partial charge on any atom is 0.222 e. The van der Waals surface area contributed by atoms with E-state index in [0.717, 1.165) is 56.0 Å². The molecule has 5 heteroatoms. The number of aryl methyl sites for hydroxylation is 1. The molecule has 0 N–H and O–H groups in total. The highest BCUT2D eigenvalue weighted by Gasteiger charge is 2.20. The zero-order valence-electron chi connectivity index (χ0n) is 15.7. The third-order valence-corrected chi connectivity index (χ3v) is 4.97. The standard InChI is InChI=1S/C22H25N3O2/c1-27-21-8-5-18(6-9-21)7-10-22(26)25-13-11-24(12-14-25)17-20-4-2-3-19(15-20)16-23/h2-6,8-9,15H,7,10-14,17H2,1H3. The number of carbonyl (C=O) groups is 1. The molecule has 1 heterocycles. The number of nitrogens with zero attached hydrogens (tertiary/aromatic N) is 3. The molecule has 0 spiro atoms. The summed E-state index contributed by atoms with van der Waals surface area (Å²) in [6.45, 7) is 4.08. The summed E-state index contributed by atoms with van der Waals surface area (Å²) in [5.41, 5.74) is 2.99. The third-order valence-electron chi connectivity index (χ3n) is 4.97. The van der Waals surface area contributed by atoms with Crippen molar-refractivity contribution in [1.82, 2.24) is 9.80 Å². The van der Waals surface area contributed by atoms with Gasteiger partial charge in [0.1, 0.15) is 5.75 Å². The molecule has 2 aromatic rings. The molecule has 1 fully saturated rings. The van der Waals surface area contributed by atoms with Crippen LogP contribution < -0.4 is 4.74 Å². The molecule has 0 unspecified atom stereocenters. The first kappa shape index (κ1) is 18.9. The lowest BCUT2D eigenvalue weighted by Crippen LogP contribution is -2.48. The Kier molecular flexibility index (Phi) is 6.45. The van der Waals surface area contributed by atoms with Gasteiger partial charge in [-0.05, 0) is 41.8 Å². The Bertz CT molecular complexity index is 803. The van der Waals surface area contributed by atoms with Crippen molar-refractivity contribution in [2.45, 2.75) is 19.4 Å². The van der Waals surface area contributed by atoms with Crippen LogP contribution >= 0.6 is 0 Å². The highest BCUT2D eigenvalue weighted by molar-refractivity contribution is 5.76. The average molecular weight is 363 g/mol. The maximum atomic E-state index is 12.5. The highest BCUT2D eigenvalue weighted by atomic mass is 16.5. The van der Waals surface area contributed by atoms with Crippen LogP contribution in [0.2, 0.25) is 0 Å². The number of ether oxygens (including phenoxy) is 1. The summed E-state index contributed by atoms with van der Waals surface area (Å²) in [5.74, 6) is 1.05. The monoisotopic (exact) mass is 363 g/mol. The Hall–Kier alpha value is -2.84. The lowest BCUT2D eigenvalue weighted by molar-refractivity contribution is -0.133. The minimum atomic E-state index is 0.219. The van der Waals surface area contributed by atoms with Crippen LogP contribution in [0.25, 0.3) is 0 Å². The lowest BCUT2D eigenvalue weighted by Gasteiger charge is -2.35. The largest absolute Gasteiger partial charge is 0.497 e. The predicted molar refractivity (Wildman–Crippen MR) is 104 cm³/mol. The zero-order valence-corrected chi connectivity index (χ0v) is 15.7. The van der Waals surface area contributed by atoms with E-state index in [1.165, 1.54) is 0 Å². The lowest BCUT2D eigenvalue weighted by atomic mass is 10.1. The van der Waals surface area contributed by atoms with Crippen LogP contribution in [0.1, 0.15) is 23.1 Å². The molecular formula is C22H25N3O2. The summed E-state index contributed by atoms with van der Waals surface area (Å²) in [4.78, 5) is 16.8. The van der Waals surface area contributed by atoms with Gasteiger partial charge in [0, 0.05) is 39.1 Å². The molecule has 5 nitrogen and oxygen atoms in total. The van der Waals surface area contributed by atoms with Crippen molar-refractivity contribution in [1.29, 1.82) is 5.26 Å². The fourth-order valence-electron chi connectivity index (χ4n) is 3.35. The summed E-state index contributed by atoms with van der Waals surface area (Å²) >= 11 is 0. The highest BCUT2D eigenvalue weighted by Crippen LogP contribution is 2.14. The number of hydrogen-bond acceptors (Lipinski definition) is 4. The van der Waals surface area contributed by atoms with Crippen LogP contribution in [0.4, 0.5) is 0 Å². The smallest absolute Gasteiger partial charge is 0.222 e. The molecule has 1 saturated heterocycles. The van der Waals surface area contributed by atoms with Crippen LogP contribution in [-0.4, -0.2) is 49.0 Å². The molecule has 0 radical (unpaired) electrons. The van der Waals surface area contributed by atoms with E-state index in [1.807, 2.05) is 53.4 Å². The Balaban J connectivity index is 1.44. The van der Waals surface area contributed by atoms with E-state index in [4.69, 9.17) is 10.00 Å². The molecule has 0 atom stereocenters. The summed E-state index contributed by atoms with van der Waals surface area (Å²) < 4.78 is 5.16. The van der Waals surface area contributed by atoms with E-state index in [0.29, 0.717) is 12.0 Å². The molecule has 3 rings (SSSR count). The van der Waals surface area contributed by atoms with E-state index in [-0.39, 0.29) is 5.91 Å². The van der Waals surface area contributed by atoms with Gasteiger partial charge in [0.25, 0.3) is 0 Å². The van der Waals surface area contributed by atoms with Crippen LogP contribution in [-0.2, 0) is 17.8 Å². The van der Waals surface area contributed by atoms with E-state index in [9.17, 15) is 4.79 Å². The summed E-state index contributed by atoms with van der Waals surface area (Å²) in [7, 11) is 1.65. The number of methoxy groups -OCH3 is 1. The molecule has 2 aromatic carbocycles. The van der Waals surface area contributed by atoms with E-state index < -0.39 is 0 Å². The predicted octanol–water partition coefficient (Wildman–Crippen LogP) is 2.84. The number of benzene rings is 2. The quantitative estimate of drug-likeness (QED) is 0.792. The molecule has 0 aliphatic carbocycles. The van der Waals surface area contributed by atoms with Crippen LogP contribution in [0.15, 0.2) is 48.5 Å². The number of carbonyl (C=O) groups excluding carboxylic acids is 1. The molecule has 1 aliphatic rings. The first-order valence-corrected chi connectivity index (χ1v) is 9.30. The van der Waals surface area contributed by atoms with E-state index in [2.05, 4.69) is 11.0 Å². The van der Waals surface area contributed by atoms with Gasteiger partial charge in [-0.1, -0.05) is 24.3 Å². The summed E-state index contributed by atoms with van der Waals surface area (Å²) in [6.07, 6.45) is 1.29. The van der Waals surface area contributed by atoms with Crippen molar-refractivity contribution >= 4 is 5.91 Å². The number of rotatable bonds is 6. The van der Waals surface area contributed by atoms with Crippen molar-refractivity contribution in [3.63, 3.8) is 0 Å². The molecule has 1 amide bonds. The van der Waals surface area contributed by atoms with Crippen molar-refractivity contribution in [3.05, 3.63) is 65.2 Å². The molecule has 0 bridgehead atoms. The van der Waals surface area contributed by atoms with Crippen molar-refractivity contribution in [2.24, 2.45) is 0 Å². The number of piperazine rings is 1. The van der Waals surface area contributed by atoms with Gasteiger partial charge in [-0.15, -0.1) is 0 Å². The molecule has 140 valence electrons. The Labute approximate surface area is 160 Å². The zero-order chi connectivity index (χ0) is 19.1. The average Bonchev–Trinajstić information content (AvgIpc) is 2.73. The normalized spacial score (nSPS) is 14.6. The molecular weight excluding hydrogens is 338 g/mol. The summed E-state index contributed by atoms with van der Waals surface area (Å²) in [6, 6.07) is 17.8. The summed E-state index contributed by atoms with van der Waals surface area (Å²) in [5, 5.41) is 9.01. The van der Waals surface area contributed by atoms with Crippen LogP contribution in [0.5, 0.6) is 5.75 Å². The second-order valence-corrected chi connectivity index (χ2v) is 6.82. The second-order valence-electron chi connectivity index (χ2n) is 6.82. The van der Waals surface area contributed by atoms with Gasteiger partial charge in [-0.3, -0.25) is 9.69 Å². The number of nitriles is 1.